The van der Waals surface area contributed by atoms with E-state index in [1.807, 2.05) is 6.92 Å². The lowest BCUT2D eigenvalue weighted by molar-refractivity contribution is -0.144. The van der Waals surface area contributed by atoms with E-state index in [4.69, 9.17) is 5.11 Å². The van der Waals surface area contributed by atoms with E-state index in [2.05, 4.69) is 0 Å². The van der Waals surface area contributed by atoms with Crippen molar-refractivity contribution in [2.45, 2.75) is 24.7 Å². The first-order chi connectivity index (χ1) is 9.86. The lowest BCUT2D eigenvalue weighted by Gasteiger charge is -2.19. The monoisotopic (exact) mass is 313 g/mol. The number of carbonyl (C=O) groups is 2. The number of benzene rings is 1. The van der Waals surface area contributed by atoms with E-state index in [0.717, 1.165) is 0 Å². The molecule has 6 nitrogen and oxygen atoms in total. The van der Waals surface area contributed by atoms with E-state index in [0.29, 0.717) is 13.0 Å². The molecule has 0 saturated heterocycles. The molecule has 0 aliphatic rings. The van der Waals surface area contributed by atoms with E-state index in [1.165, 1.54) is 17.0 Å². The summed E-state index contributed by atoms with van der Waals surface area (Å²) >= 11 is 0. The highest BCUT2D eigenvalue weighted by Gasteiger charge is 2.20. The Balaban J connectivity index is 2.68. The van der Waals surface area contributed by atoms with Gasteiger partial charge in [-0.2, -0.15) is 0 Å². The molecule has 0 spiro atoms. The Morgan fingerprint density at radius 3 is 2.33 bits per heavy atom. The summed E-state index contributed by atoms with van der Waals surface area (Å²) in [5.41, 5.74) is 0. The molecule has 1 rings (SSSR count). The molecule has 21 heavy (non-hydrogen) atoms. The second kappa shape index (κ2) is 7.78. The number of carboxylic acids is 1. The Labute approximate surface area is 124 Å². The zero-order valence-corrected chi connectivity index (χ0v) is 12.7. The van der Waals surface area contributed by atoms with Crippen LogP contribution in [0.25, 0.3) is 0 Å². The summed E-state index contributed by atoms with van der Waals surface area (Å²) in [4.78, 5) is 24.0. The topological polar surface area (TPSA) is 91.8 Å². The Morgan fingerprint density at radius 2 is 1.81 bits per heavy atom. The molecule has 0 atom stereocenters. The third kappa shape index (κ3) is 5.55. The number of carboxylic acid groups (broad SMARTS) is 1. The van der Waals surface area contributed by atoms with Crippen LogP contribution in [-0.4, -0.2) is 49.1 Å². The molecule has 0 bridgehead atoms. The molecule has 7 heteroatoms. The minimum Gasteiger partial charge on any atom is -0.480 e. The van der Waals surface area contributed by atoms with Crippen LogP contribution in [-0.2, 0) is 19.4 Å². The average molecular weight is 313 g/mol. The first-order valence-electron chi connectivity index (χ1n) is 6.64. The van der Waals surface area contributed by atoms with Crippen molar-refractivity contribution in [1.82, 2.24) is 4.90 Å². The van der Waals surface area contributed by atoms with E-state index < -0.39 is 28.3 Å². The van der Waals surface area contributed by atoms with E-state index in [1.54, 1.807) is 18.2 Å². The van der Waals surface area contributed by atoms with Crippen LogP contribution in [0.3, 0.4) is 0 Å². The summed E-state index contributed by atoms with van der Waals surface area (Å²) in [5, 5.41) is 8.75. The molecule has 0 aliphatic heterocycles. The maximum Gasteiger partial charge on any atom is 0.323 e. The first kappa shape index (κ1) is 17.2. The largest absolute Gasteiger partial charge is 0.480 e. The van der Waals surface area contributed by atoms with Gasteiger partial charge >= 0.3 is 5.97 Å². The van der Waals surface area contributed by atoms with Crippen LogP contribution in [0, 0.1) is 0 Å². The number of nitrogens with zero attached hydrogens (tertiary/aromatic N) is 1. The summed E-state index contributed by atoms with van der Waals surface area (Å²) in [7, 11) is -3.53. The van der Waals surface area contributed by atoms with Crippen molar-refractivity contribution >= 4 is 21.7 Å². The van der Waals surface area contributed by atoms with Crippen LogP contribution < -0.4 is 0 Å². The molecule has 1 N–H and O–H groups in total. The van der Waals surface area contributed by atoms with Gasteiger partial charge in [0.05, 0.1) is 10.6 Å². The summed E-state index contributed by atoms with van der Waals surface area (Å²) in [5.74, 6) is -1.89. The maximum atomic E-state index is 12.1. The summed E-state index contributed by atoms with van der Waals surface area (Å²) in [6.45, 7) is 1.72. The summed E-state index contributed by atoms with van der Waals surface area (Å²) < 4.78 is 24.1. The standard InChI is InChI=1S/C14H19NO5S/c1-2-9-15(11-14(17)18)13(16)8-10-21(19,20)12-6-4-3-5-7-12/h3-7H,2,8-11H2,1H3,(H,17,18). The lowest BCUT2D eigenvalue weighted by atomic mass is 10.3. The fraction of sp³-hybridized carbons (Fsp3) is 0.429. The van der Waals surface area contributed by atoms with Crippen molar-refractivity contribution in [2.75, 3.05) is 18.8 Å². The van der Waals surface area contributed by atoms with Gasteiger partial charge in [0.25, 0.3) is 0 Å². The van der Waals surface area contributed by atoms with Gasteiger partial charge in [0.2, 0.25) is 5.91 Å². The minimum absolute atomic E-state index is 0.165. The number of rotatable bonds is 8. The van der Waals surface area contributed by atoms with E-state index in [-0.39, 0.29) is 17.1 Å². The fourth-order valence-corrected chi connectivity index (χ4v) is 3.10. The van der Waals surface area contributed by atoms with Crippen LogP contribution in [0.5, 0.6) is 0 Å². The van der Waals surface area contributed by atoms with Crippen LogP contribution in [0.4, 0.5) is 0 Å². The molecule has 0 heterocycles. The van der Waals surface area contributed by atoms with Gasteiger partial charge in [0.1, 0.15) is 6.54 Å². The zero-order valence-electron chi connectivity index (χ0n) is 11.9. The highest BCUT2D eigenvalue weighted by molar-refractivity contribution is 7.91. The van der Waals surface area contributed by atoms with Crippen molar-refractivity contribution in [3.63, 3.8) is 0 Å². The highest BCUT2D eigenvalue weighted by atomic mass is 32.2. The number of sulfone groups is 1. The van der Waals surface area contributed by atoms with Gasteiger partial charge in [-0.05, 0) is 18.6 Å². The third-order valence-corrected chi connectivity index (χ3v) is 4.59. The minimum atomic E-state index is -3.53. The molecule has 0 unspecified atom stereocenters. The van der Waals surface area contributed by atoms with Crippen molar-refractivity contribution in [3.05, 3.63) is 30.3 Å². The third-order valence-electron chi connectivity index (χ3n) is 2.86. The van der Waals surface area contributed by atoms with Gasteiger partial charge in [-0.25, -0.2) is 8.42 Å². The molecule has 0 aromatic heterocycles. The molecule has 0 saturated carbocycles. The molecule has 0 fully saturated rings. The Bertz CT molecular complexity index is 583. The second-order valence-electron chi connectivity index (χ2n) is 4.59. The van der Waals surface area contributed by atoms with Crippen molar-refractivity contribution in [3.8, 4) is 0 Å². The van der Waals surface area contributed by atoms with Crippen LogP contribution in [0.1, 0.15) is 19.8 Å². The number of carbonyl (C=O) groups excluding carboxylic acids is 1. The van der Waals surface area contributed by atoms with Crippen molar-refractivity contribution < 1.29 is 23.1 Å². The SMILES string of the molecule is CCCN(CC(=O)O)C(=O)CCS(=O)(=O)c1ccccc1. The average Bonchev–Trinajstić information content (AvgIpc) is 2.45. The van der Waals surface area contributed by atoms with Crippen LogP contribution in [0.15, 0.2) is 35.2 Å². The van der Waals surface area contributed by atoms with Gasteiger partial charge < -0.3 is 10.0 Å². The van der Waals surface area contributed by atoms with Gasteiger partial charge in [-0.3, -0.25) is 9.59 Å². The molecule has 0 radical (unpaired) electrons. The fourth-order valence-electron chi connectivity index (χ4n) is 1.85. The number of hydrogen-bond acceptors (Lipinski definition) is 4. The second-order valence-corrected chi connectivity index (χ2v) is 6.70. The lowest BCUT2D eigenvalue weighted by Crippen LogP contribution is -2.37. The van der Waals surface area contributed by atoms with Gasteiger partial charge in [0.15, 0.2) is 9.84 Å². The number of aliphatic carboxylic acids is 1. The van der Waals surface area contributed by atoms with Gasteiger partial charge in [0, 0.05) is 13.0 Å². The zero-order chi connectivity index (χ0) is 15.9. The Morgan fingerprint density at radius 1 is 1.19 bits per heavy atom. The number of hydrogen-bond donors (Lipinski definition) is 1. The van der Waals surface area contributed by atoms with Gasteiger partial charge in [-0.1, -0.05) is 25.1 Å². The molecule has 0 aliphatic carbocycles. The quantitative estimate of drug-likeness (QED) is 0.778. The molecule has 1 aromatic rings. The normalized spacial score (nSPS) is 11.1. The van der Waals surface area contributed by atoms with E-state index in [9.17, 15) is 18.0 Å². The molecule has 1 amide bonds. The number of amides is 1. The molecular formula is C14H19NO5S. The predicted molar refractivity (Wildman–Crippen MR) is 77.6 cm³/mol. The molecule has 116 valence electrons. The van der Waals surface area contributed by atoms with Crippen LogP contribution >= 0.6 is 0 Å². The Hall–Kier alpha value is -1.89. The summed E-state index contributed by atoms with van der Waals surface area (Å²) in [6, 6.07) is 7.88. The van der Waals surface area contributed by atoms with Crippen molar-refractivity contribution in [1.29, 1.82) is 0 Å². The summed E-state index contributed by atoms with van der Waals surface area (Å²) in [6.07, 6.45) is 0.398. The van der Waals surface area contributed by atoms with E-state index >= 15 is 0 Å². The van der Waals surface area contributed by atoms with Gasteiger partial charge in [-0.15, -0.1) is 0 Å². The predicted octanol–water partition coefficient (Wildman–Crippen LogP) is 1.17. The first-order valence-corrected chi connectivity index (χ1v) is 8.29. The molecular weight excluding hydrogens is 294 g/mol. The van der Waals surface area contributed by atoms with Crippen LogP contribution in [0.2, 0.25) is 0 Å². The smallest absolute Gasteiger partial charge is 0.323 e. The maximum absolute atomic E-state index is 12.1. The molecule has 1 aromatic carbocycles. The highest BCUT2D eigenvalue weighted by Crippen LogP contribution is 2.12. The Kier molecular flexibility index (Phi) is 6.36. The van der Waals surface area contributed by atoms with Crippen molar-refractivity contribution in [2.24, 2.45) is 0 Å².